The van der Waals surface area contributed by atoms with Gasteiger partial charge in [-0.25, -0.2) is 9.97 Å². The van der Waals surface area contributed by atoms with Gasteiger partial charge in [0.15, 0.2) is 0 Å². The van der Waals surface area contributed by atoms with E-state index in [1.165, 1.54) is 5.56 Å². The normalized spacial score (nSPS) is 15.3. The van der Waals surface area contributed by atoms with Gasteiger partial charge in [0.05, 0.1) is 12.1 Å². The van der Waals surface area contributed by atoms with Crippen LogP contribution in [0.1, 0.15) is 31.7 Å². The summed E-state index contributed by atoms with van der Waals surface area (Å²) in [6, 6.07) is 17.4. The standard InChI is InChI=1S/C27H34N6O2/c1-19(2)25(26(28)35)31-27-21-10-6-7-11-22(21)29-23(30-27)18-32-14-16-33(17-15-32)24(34)13-12-20-8-4-3-5-9-20/h3-11,19,25H,12-18H2,1-2H3,(H2,28,35)(H,29,30,31)/t25-/m0/s1. The van der Waals surface area contributed by atoms with Crippen molar-refractivity contribution in [3.63, 3.8) is 0 Å². The SMILES string of the molecule is CC(C)[C@H](Nc1nc(CN2CCN(C(=O)CCc3ccccc3)CC2)nc2ccccc12)C(N)=O. The number of nitrogens with one attached hydrogen (secondary N) is 1. The number of rotatable bonds is 9. The number of para-hydroxylation sites is 1. The van der Waals surface area contributed by atoms with Crippen LogP contribution in [0.4, 0.5) is 5.82 Å². The van der Waals surface area contributed by atoms with Gasteiger partial charge in [-0.3, -0.25) is 14.5 Å². The summed E-state index contributed by atoms with van der Waals surface area (Å²) in [5, 5.41) is 4.11. The van der Waals surface area contributed by atoms with Crippen molar-refractivity contribution in [2.75, 3.05) is 31.5 Å². The van der Waals surface area contributed by atoms with Crippen LogP contribution in [0.25, 0.3) is 10.9 Å². The van der Waals surface area contributed by atoms with Crippen LogP contribution in [-0.4, -0.2) is 63.8 Å². The number of piperazine rings is 1. The summed E-state index contributed by atoms with van der Waals surface area (Å²) in [5.74, 6) is 1.13. The number of primary amides is 1. The lowest BCUT2D eigenvalue weighted by Gasteiger charge is -2.34. The third-order valence-electron chi connectivity index (χ3n) is 6.48. The van der Waals surface area contributed by atoms with E-state index in [0.29, 0.717) is 37.7 Å². The first-order chi connectivity index (χ1) is 16.9. The van der Waals surface area contributed by atoms with E-state index in [0.717, 1.165) is 30.4 Å². The molecular weight excluding hydrogens is 440 g/mol. The zero-order valence-corrected chi connectivity index (χ0v) is 20.5. The van der Waals surface area contributed by atoms with Crippen LogP contribution < -0.4 is 11.1 Å². The predicted molar refractivity (Wildman–Crippen MR) is 138 cm³/mol. The Labute approximate surface area is 206 Å². The second kappa shape index (κ2) is 11.3. The molecule has 8 heteroatoms. The average Bonchev–Trinajstić information content (AvgIpc) is 2.86. The van der Waals surface area contributed by atoms with Gasteiger partial charge < -0.3 is 16.0 Å². The number of nitrogens with zero attached hydrogens (tertiary/aromatic N) is 4. The van der Waals surface area contributed by atoms with Crippen LogP contribution in [0, 0.1) is 5.92 Å². The van der Waals surface area contributed by atoms with Crippen LogP contribution in [0.5, 0.6) is 0 Å². The summed E-state index contributed by atoms with van der Waals surface area (Å²) in [6.07, 6.45) is 1.30. The number of hydrogen-bond donors (Lipinski definition) is 2. The van der Waals surface area contributed by atoms with Crippen molar-refractivity contribution in [2.45, 2.75) is 39.3 Å². The highest BCUT2D eigenvalue weighted by atomic mass is 16.2. The molecule has 1 fully saturated rings. The average molecular weight is 475 g/mol. The Bertz CT molecular complexity index is 1160. The summed E-state index contributed by atoms with van der Waals surface area (Å²) >= 11 is 0. The topological polar surface area (TPSA) is 104 Å². The molecule has 1 atom stereocenters. The highest BCUT2D eigenvalue weighted by Crippen LogP contribution is 2.23. The molecule has 1 aromatic heterocycles. The van der Waals surface area contributed by atoms with E-state index < -0.39 is 11.9 Å². The summed E-state index contributed by atoms with van der Waals surface area (Å²) < 4.78 is 0. The van der Waals surface area contributed by atoms with Gasteiger partial charge in [-0.15, -0.1) is 0 Å². The quantitative estimate of drug-likeness (QED) is 0.494. The fraction of sp³-hybridized carbons (Fsp3) is 0.407. The van der Waals surface area contributed by atoms with E-state index >= 15 is 0 Å². The molecule has 3 N–H and O–H groups in total. The highest BCUT2D eigenvalue weighted by Gasteiger charge is 2.24. The van der Waals surface area contributed by atoms with E-state index in [-0.39, 0.29) is 11.8 Å². The molecule has 2 amide bonds. The number of carbonyl (C=O) groups excluding carboxylic acids is 2. The molecule has 8 nitrogen and oxygen atoms in total. The summed E-state index contributed by atoms with van der Waals surface area (Å²) in [5.41, 5.74) is 7.63. The van der Waals surface area contributed by atoms with Gasteiger partial charge in [0.1, 0.15) is 17.7 Å². The molecule has 35 heavy (non-hydrogen) atoms. The molecule has 1 aliphatic heterocycles. The van der Waals surface area contributed by atoms with Crippen LogP contribution >= 0.6 is 0 Å². The van der Waals surface area contributed by atoms with Crippen molar-refractivity contribution in [3.8, 4) is 0 Å². The molecular formula is C27H34N6O2. The van der Waals surface area contributed by atoms with Gasteiger partial charge in [0.2, 0.25) is 11.8 Å². The number of benzene rings is 2. The molecule has 4 rings (SSSR count). The molecule has 0 aliphatic carbocycles. The minimum atomic E-state index is -0.522. The van der Waals surface area contributed by atoms with Gasteiger partial charge >= 0.3 is 0 Å². The Balaban J connectivity index is 1.39. The van der Waals surface area contributed by atoms with Gasteiger partial charge in [-0.1, -0.05) is 56.3 Å². The maximum absolute atomic E-state index is 12.7. The van der Waals surface area contributed by atoms with Gasteiger partial charge in [-0.2, -0.15) is 0 Å². The van der Waals surface area contributed by atoms with Crippen molar-refractivity contribution in [3.05, 3.63) is 66.0 Å². The van der Waals surface area contributed by atoms with E-state index in [4.69, 9.17) is 15.7 Å². The van der Waals surface area contributed by atoms with Crippen molar-refractivity contribution < 1.29 is 9.59 Å². The van der Waals surface area contributed by atoms with Crippen LogP contribution in [-0.2, 0) is 22.6 Å². The first-order valence-corrected chi connectivity index (χ1v) is 12.3. The Morgan fingerprint density at radius 3 is 2.34 bits per heavy atom. The Morgan fingerprint density at radius 2 is 1.66 bits per heavy atom. The van der Waals surface area contributed by atoms with Crippen LogP contribution in [0.3, 0.4) is 0 Å². The molecule has 1 aliphatic rings. The first-order valence-electron chi connectivity index (χ1n) is 12.3. The Morgan fingerprint density at radius 1 is 0.971 bits per heavy atom. The molecule has 0 bridgehead atoms. The Kier molecular flexibility index (Phi) is 7.92. The summed E-state index contributed by atoms with van der Waals surface area (Å²) in [6.45, 7) is 7.42. The molecule has 1 saturated heterocycles. The molecule has 0 spiro atoms. The second-order valence-electron chi connectivity index (χ2n) is 9.42. The van der Waals surface area contributed by atoms with Gasteiger partial charge in [0.25, 0.3) is 0 Å². The predicted octanol–water partition coefficient (Wildman–Crippen LogP) is 2.83. The number of aromatic nitrogens is 2. The van der Waals surface area contributed by atoms with E-state index in [1.54, 1.807) is 0 Å². The van der Waals surface area contributed by atoms with Crippen LogP contribution in [0.15, 0.2) is 54.6 Å². The van der Waals surface area contributed by atoms with Crippen molar-refractivity contribution in [2.24, 2.45) is 11.7 Å². The minimum Gasteiger partial charge on any atom is -0.368 e. The maximum atomic E-state index is 12.7. The summed E-state index contributed by atoms with van der Waals surface area (Å²) in [7, 11) is 0. The number of hydrogen-bond acceptors (Lipinski definition) is 6. The Hall–Kier alpha value is -3.52. The molecule has 3 aromatic rings. The second-order valence-corrected chi connectivity index (χ2v) is 9.42. The third-order valence-corrected chi connectivity index (χ3v) is 6.48. The summed E-state index contributed by atoms with van der Waals surface area (Å²) in [4.78, 5) is 38.4. The van der Waals surface area contributed by atoms with Gasteiger partial charge in [0, 0.05) is 38.0 Å². The fourth-order valence-electron chi connectivity index (χ4n) is 4.43. The first kappa shape index (κ1) is 24.6. The zero-order valence-electron chi connectivity index (χ0n) is 20.5. The largest absolute Gasteiger partial charge is 0.368 e. The monoisotopic (exact) mass is 474 g/mol. The van der Waals surface area contributed by atoms with E-state index in [2.05, 4.69) is 22.3 Å². The minimum absolute atomic E-state index is 0.0252. The molecule has 0 saturated carbocycles. The van der Waals surface area contributed by atoms with Gasteiger partial charge in [-0.05, 0) is 30.0 Å². The van der Waals surface area contributed by atoms with Crippen molar-refractivity contribution in [1.82, 2.24) is 19.8 Å². The lowest BCUT2D eigenvalue weighted by atomic mass is 10.0. The molecule has 2 aromatic carbocycles. The van der Waals surface area contributed by atoms with Crippen molar-refractivity contribution in [1.29, 1.82) is 0 Å². The molecule has 2 heterocycles. The number of nitrogens with two attached hydrogens (primary N) is 1. The number of fused-ring (bicyclic) bond motifs is 1. The zero-order chi connectivity index (χ0) is 24.8. The third kappa shape index (κ3) is 6.33. The van der Waals surface area contributed by atoms with Crippen molar-refractivity contribution >= 4 is 28.5 Å². The molecule has 184 valence electrons. The maximum Gasteiger partial charge on any atom is 0.240 e. The van der Waals surface area contributed by atoms with E-state index in [9.17, 15) is 9.59 Å². The lowest BCUT2D eigenvalue weighted by Crippen LogP contribution is -2.48. The number of aryl methyl sites for hydroxylation is 1. The highest BCUT2D eigenvalue weighted by molar-refractivity contribution is 5.92. The fourth-order valence-corrected chi connectivity index (χ4v) is 4.43. The van der Waals surface area contributed by atoms with Crippen LogP contribution in [0.2, 0.25) is 0 Å². The lowest BCUT2D eigenvalue weighted by molar-refractivity contribution is -0.133. The number of amides is 2. The molecule has 0 unspecified atom stereocenters. The smallest absolute Gasteiger partial charge is 0.240 e. The number of carbonyl (C=O) groups is 2. The number of anilines is 1. The molecule has 0 radical (unpaired) electrons. The van der Waals surface area contributed by atoms with E-state index in [1.807, 2.05) is 61.2 Å².